The summed E-state index contributed by atoms with van der Waals surface area (Å²) in [6.45, 7) is 4.10. The molecule has 0 unspecified atom stereocenters. The molecule has 4 rings (SSSR count). The van der Waals surface area contributed by atoms with Gasteiger partial charge in [0, 0.05) is 42.7 Å². The van der Waals surface area contributed by atoms with Gasteiger partial charge in [0.05, 0.1) is 0 Å². The Bertz CT molecular complexity index is 850. The van der Waals surface area contributed by atoms with Gasteiger partial charge in [-0.15, -0.1) is 0 Å². The maximum atomic E-state index is 5.73. The topological polar surface area (TPSA) is 80.3 Å². The van der Waals surface area contributed by atoms with Gasteiger partial charge in [-0.2, -0.15) is 4.98 Å². The van der Waals surface area contributed by atoms with Crippen molar-refractivity contribution in [2.45, 2.75) is 19.8 Å². The summed E-state index contributed by atoms with van der Waals surface area (Å²) < 4.78 is 11.4. The van der Waals surface area contributed by atoms with Gasteiger partial charge in [0.2, 0.25) is 12.7 Å². The normalized spacial score (nSPS) is 16.0. The van der Waals surface area contributed by atoms with Crippen LogP contribution in [0, 0.1) is 6.92 Å². The molecule has 0 radical (unpaired) electrons. The third-order valence-corrected chi connectivity index (χ3v) is 4.48. The quantitative estimate of drug-likeness (QED) is 0.779. The van der Waals surface area contributed by atoms with Crippen molar-refractivity contribution in [3.63, 3.8) is 0 Å². The van der Waals surface area contributed by atoms with E-state index in [0.29, 0.717) is 5.95 Å². The van der Waals surface area contributed by atoms with E-state index in [1.165, 1.54) is 5.57 Å². The lowest BCUT2D eigenvalue weighted by Crippen LogP contribution is -2.12. The Balaban J connectivity index is 1.70. The van der Waals surface area contributed by atoms with Crippen LogP contribution in [-0.4, -0.2) is 36.9 Å². The first-order chi connectivity index (χ1) is 12.7. The summed E-state index contributed by atoms with van der Waals surface area (Å²) in [5.74, 6) is 2.91. The molecule has 26 heavy (non-hydrogen) atoms. The molecule has 0 bridgehead atoms. The molecule has 2 aromatic rings. The Morgan fingerprint density at radius 2 is 2.08 bits per heavy atom. The average molecular weight is 353 g/mol. The van der Waals surface area contributed by atoms with Crippen LogP contribution >= 0.6 is 0 Å². The van der Waals surface area contributed by atoms with Gasteiger partial charge < -0.3 is 25.4 Å². The van der Waals surface area contributed by atoms with E-state index in [-0.39, 0.29) is 6.79 Å². The Kier molecular flexibility index (Phi) is 4.62. The summed E-state index contributed by atoms with van der Waals surface area (Å²) in [6, 6.07) is 5.93. The Labute approximate surface area is 152 Å². The Hall–Kier alpha value is -2.80. The maximum Gasteiger partial charge on any atom is 0.231 e. The predicted molar refractivity (Wildman–Crippen MR) is 102 cm³/mol. The molecule has 3 heterocycles. The monoisotopic (exact) mass is 353 g/mol. The minimum absolute atomic E-state index is 0.252. The molecule has 1 aromatic heterocycles. The minimum Gasteiger partial charge on any atom is -0.453 e. The molecule has 0 saturated heterocycles. The van der Waals surface area contributed by atoms with Crippen molar-refractivity contribution in [1.82, 2.24) is 15.3 Å². The van der Waals surface area contributed by atoms with Crippen LogP contribution in [0.3, 0.4) is 0 Å². The Morgan fingerprint density at radius 3 is 2.96 bits per heavy atom. The summed E-state index contributed by atoms with van der Waals surface area (Å²) in [5.41, 5.74) is 4.13. The van der Waals surface area contributed by atoms with Crippen LogP contribution < -0.4 is 25.4 Å². The van der Waals surface area contributed by atoms with Crippen molar-refractivity contribution in [1.29, 1.82) is 0 Å². The van der Waals surface area contributed by atoms with E-state index in [1.54, 1.807) is 0 Å². The number of aromatic nitrogens is 2. The molecule has 1 aromatic carbocycles. The van der Waals surface area contributed by atoms with Gasteiger partial charge in [-0.25, -0.2) is 4.98 Å². The molecule has 7 heteroatoms. The fraction of sp³-hybridized carbons (Fsp3) is 0.368. The second kappa shape index (κ2) is 7.21. The lowest BCUT2D eigenvalue weighted by molar-refractivity contribution is 0.173. The second-order valence-corrected chi connectivity index (χ2v) is 6.39. The standard InChI is InChI=1S/C19H23N5O2/c1-12-8-17(20-2)24-19(22-12)23-14-9-15(13-4-3-6-21-7-5-13)18-16(10-14)25-11-26-18/h5,8-10,21H,3-4,6-7,11H2,1-2H3,(H2,20,22,23,24). The molecule has 7 nitrogen and oxygen atoms in total. The van der Waals surface area contributed by atoms with Gasteiger partial charge in [0.1, 0.15) is 5.82 Å². The van der Waals surface area contributed by atoms with Gasteiger partial charge in [-0.05, 0) is 37.9 Å². The number of fused-ring (bicyclic) bond motifs is 1. The molecule has 0 spiro atoms. The van der Waals surface area contributed by atoms with Crippen LogP contribution in [0.1, 0.15) is 24.1 Å². The number of rotatable bonds is 4. The van der Waals surface area contributed by atoms with E-state index in [2.05, 4.69) is 38.1 Å². The predicted octanol–water partition coefficient (Wildman–Crippen LogP) is 3.07. The average Bonchev–Trinajstić information content (AvgIpc) is 2.93. The molecule has 2 aliphatic rings. The molecule has 0 saturated carbocycles. The molecule has 0 fully saturated rings. The van der Waals surface area contributed by atoms with Gasteiger partial charge >= 0.3 is 0 Å². The number of anilines is 3. The van der Waals surface area contributed by atoms with Crippen LogP contribution in [0.4, 0.5) is 17.5 Å². The van der Waals surface area contributed by atoms with E-state index in [0.717, 1.165) is 60.2 Å². The first-order valence-electron chi connectivity index (χ1n) is 8.87. The molecule has 136 valence electrons. The number of nitrogens with one attached hydrogen (secondary N) is 3. The van der Waals surface area contributed by atoms with Crippen LogP contribution in [-0.2, 0) is 0 Å². The largest absolute Gasteiger partial charge is 0.453 e. The molecular weight excluding hydrogens is 330 g/mol. The van der Waals surface area contributed by atoms with E-state index < -0.39 is 0 Å². The molecular formula is C19H23N5O2. The number of hydrogen-bond acceptors (Lipinski definition) is 7. The highest BCUT2D eigenvalue weighted by Crippen LogP contribution is 2.43. The lowest BCUT2D eigenvalue weighted by Gasteiger charge is -2.13. The minimum atomic E-state index is 0.252. The summed E-state index contributed by atoms with van der Waals surface area (Å²) >= 11 is 0. The van der Waals surface area contributed by atoms with Gasteiger partial charge in [-0.3, -0.25) is 0 Å². The summed E-state index contributed by atoms with van der Waals surface area (Å²) in [6.07, 6.45) is 4.35. The van der Waals surface area contributed by atoms with Crippen molar-refractivity contribution in [2.75, 3.05) is 37.6 Å². The van der Waals surface area contributed by atoms with Crippen LogP contribution in [0.5, 0.6) is 11.5 Å². The summed E-state index contributed by atoms with van der Waals surface area (Å²) in [7, 11) is 1.84. The zero-order valence-corrected chi connectivity index (χ0v) is 15.1. The second-order valence-electron chi connectivity index (χ2n) is 6.39. The lowest BCUT2D eigenvalue weighted by atomic mass is 9.99. The number of ether oxygens (including phenoxy) is 2. The van der Waals surface area contributed by atoms with Crippen LogP contribution in [0.15, 0.2) is 24.3 Å². The summed E-state index contributed by atoms with van der Waals surface area (Å²) in [4.78, 5) is 8.94. The Morgan fingerprint density at radius 1 is 1.15 bits per heavy atom. The number of nitrogens with zero attached hydrogens (tertiary/aromatic N) is 2. The van der Waals surface area contributed by atoms with E-state index in [9.17, 15) is 0 Å². The fourth-order valence-electron chi connectivity index (χ4n) is 3.25. The highest BCUT2D eigenvalue weighted by atomic mass is 16.7. The molecule has 3 N–H and O–H groups in total. The van der Waals surface area contributed by atoms with Crippen molar-refractivity contribution < 1.29 is 9.47 Å². The first kappa shape index (κ1) is 16.7. The SMILES string of the molecule is CNc1cc(C)nc(Nc2cc3c(c(C4=CCNCCC4)c2)OCO3)n1. The first-order valence-corrected chi connectivity index (χ1v) is 8.87. The number of hydrogen-bond donors (Lipinski definition) is 3. The number of allylic oxidation sites excluding steroid dienone is 1. The third kappa shape index (κ3) is 3.43. The van der Waals surface area contributed by atoms with E-state index in [1.807, 2.05) is 26.1 Å². The van der Waals surface area contributed by atoms with Crippen molar-refractivity contribution in [3.05, 3.63) is 35.5 Å². The van der Waals surface area contributed by atoms with Crippen molar-refractivity contribution in [2.24, 2.45) is 0 Å². The highest BCUT2D eigenvalue weighted by molar-refractivity contribution is 5.78. The van der Waals surface area contributed by atoms with Crippen molar-refractivity contribution in [3.8, 4) is 11.5 Å². The fourth-order valence-corrected chi connectivity index (χ4v) is 3.25. The van der Waals surface area contributed by atoms with Crippen LogP contribution in [0.2, 0.25) is 0 Å². The maximum absolute atomic E-state index is 5.73. The molecule has 0 atom stereocenters. The summed E-state index contributed by atoms with van der Waals surface area (Å²) in [5, 5.41) is 9.75. The number of aryl methyl sites for hydroxylation is 1. The highest BCUT2D eigenvalue weighted by Gasteiger charge is 2.22. The van der Waals surface area contributed by atoms with Gasteiger partial charge in [-0.1, -0.05) is 6.08 Å². The molecule has 0 amide bonds. The molecule has 2 aliphatic heterocycles. The van der Waals surface area contributed by atoms with Crippen LogP contribution in [0.25, 0.3) is 5.57 Å². The van der Waals surface area contributed by atoms with E-state index in [4.69, 9.17) is 9.47 Å². The zero-order chi connectivity index (χ0) is 17.9. The third-order valence-electron chi connectivity index (χ3n) is 4.48. The van der Waals surface area contributed by atoms with Gasteiger partial charge in [0.15, 0.2) is 11.5 Å². The molecule has 0 aliphatic carbocycles. The van der Waals surface area contributed by atoms with E-state index >= 15 is 0 Å². The zero-order valence-electron chi connectivity index (χ0n) is 15.1. The number of benzene rings is 1. The van der Waals surface area contributed by atoms with Crippen molar-refractivity contribution >= 4 is 23.0 Å². The van der Waals surface area contributed by atoms with Gasteiger partial charge in [0.25, 0.3) is 0 Å². The smallest absolute Gasteiger partial charge is 0.231 e.